The Balaban J connectivity index is 1.74. The molecular weight excluding hydrogens is 250 g/mol. The van der Waals surface area contributed by atoms with Crippen molar-refractivity contribution in [3.8, 4) is 5.75 Å². The van der Waals surface area contributed by atoms with Gasteiger partial charge in [0.05, 0.1) is 12.2 Å². The standard InChI is InChI=1S/C17H25NO2/c1-12-4-5-16(15(10-12)13(2)18)20-14-6-9-19-17(11-14)7-3-8-17/h4-5,10,13-14H,3,6-9,11,18H2,1-2H3. The molecule has 0 aromatic heterocycles. The van der Waals surface area contributed by atoms with Crippen LogP contribution >= 0.6 is 0 Å². The van der Waals surface area contributed by atoms with Gasteiger partial charge < -0.3 is 15.2 Å². The van der Waals surface area contributed by atoms with Gasteiger partial charge in [0.25, 0.3) is 0 Å². The Bertz CT molecular complexity index is 480. The van der Waals surface area contributed by atoms with Crippen molar-refractivity contribution in [3.05, 3.63) is 29.3 Å². The van der Waals surface area contributed by atoms with Crippen LogP contribution in [-0.4, -0.2) is 18.3 Å². The maximum absolute atomic E-state index is 6.27. The lowest BCUT2D eigenvalue weighted by atomic mass is 9.74. The van der Waals surface area contributed by atoms with Crippen molar-refractivity contribution in [1.82, 2.24) is 0 Å². The molecule has 110 valence electrons. The Morgan fingerprint density at radius 3 is 2.85 bits per heavy atom. The maximum Gasteiger partial charge on any atom is 0.124 e. The fraction of sp³-hybridized carbons (Fsp3) is 0.647. The highest BCUT2D eigenvalue weighted by Gasteiger charge is 2.43. The molecule has 2 fully saturated rings. The second-order valence-corrected chi connectivity index (χ2v) is 6.45. The van der Waals surface area contributed by atoms with Crippen LogP contribution in [0.5, 0.6) is 5.75 Å². The van der Waals surface area contributed by atoms with E-state index >= 15 is 0 Å². The van der Waals surface area contributed by atoms with Crippen LogP contribution in [0.3, 0.4) is 0 Å². The van der Waals surface area contributed by atoms with Gasteiger partial charge in [-0.25, -0.2) is 0 Å². The third-order valence-corrected chi connectivity index (χ3v) is 4.66. The molecule has 2 atom stereocenters. The summed E-state index contributed by atoms with van der Waals surface area (Å²) in [7, 11) is 0. The van der Waals surface area contributed by atoms with Gasteiger partial charge in [-0.15, -0.1) is 0 Å². The summed E-state index contributed by atoms with van der Waals surface area (Å²) in [5.41, 5.74) is 8.54. The molecule has 1 aliphatic carbocycles. The van der Waals surface area contributed by atoms with Crippen molar-refractivity contribution >= 4 is 0 Å². The van der Waals surface area contributed by atoms with Gasteiger partial charge in [-0.1, -0.05) is 17.7 Å². The third kappa shape index (κ3) is 2.70. The number of nitrogens with two attached hydrogens (primary N) is 1. The van der Waals surface area contributed by atoms with Gasteiger partial charge in [0, 0.05) is 24.4 Å². The number of rotatable bonds is 3. The van der Waals surface area contributed by atoms with Crippen molar-refractivity contribution in [2.75, 3.05) is 6.61 Å². The zero-order valence-corrected chi connectivity index (χ0v) is 12.5. The number of hydrogen-bond acceptors (Lipinski definition) is 3. The molecule has 0 amide bonds. The third-order valence-electron chi connectivity index (χ3n) is 4.66. The van der Waals surface area contributed by atoms with E-state index in [2.05, 4.69) is 25.1 Å². The van der Waals surface area contributed by atoms with Crippen LogP contribution in [0.2, 0.25) is 0 Å². The zero-order chi connectivity index (χ0) is 14.2. The fourth-order valence-corrected chi connectivity index (χ4v) is 3.31. The topological polar surface area (TPSA) is 44.5 Å². The lowest BCUT2D eigenvalue weighted by molar-refractivity contribution is -0.153. The Morgan fingerprint density at radius 1 is 1.40 bits per heavy atom. The van der Waals surface area contributed by atoms with Crippen LogP contribution in [0.25, 0.3) is 0 Å². The molecule has 20 heavy (non-hydrogen) atoms. The summed E-state index contributed by atoms with van der Waals surface area (Å²) in [5, 5.41) is 0. The molecule has 1 spiro atoms. The predicted molar refractivity (Wildman–Crippen MR) is 80.0 cm³/mol. The first-order chi connectivity index (χ1) is 9.58. The van der Waals surface area contributed by atoms with Crippen LogP contribution in [0.4, 0.5) is 0 Å². The van der Waals surface area contributed by atoms with Crippen LogP contribution in [0, 0.1) is 6.92 Å². The number of hydrogen-bond donors (Lipinski definition) is 1. The Hall–Kier alpha value is -1.06. The van der Waals surface area contributed by atoms with Crippen molar-refractivity contribution < 1.29 is 9.47 Å². The largest absolute Gasteiger partial charge is 0.490 e. The first kappa shape index (κ1) is 13.9. The summed E-state index contributed by atoms with van der Waals surface area (Å²) >= 11 is 0. The van der Waals surface area contributed by atoms with Gasteiger partial charge >= 0.3 is 0 Å². The molecule has 1 heterocycles. The predicted octanol–water partition coefficient (Wildman–Crippen LogP) is 3.50. The van der Waals surface area contributed by atoms with E-state index in [9.17, 15) is 0 Å². The van der Waals surface area contributed by atoms with Gasteiger partial charge in [0.15, 0.2) is 0 Å². The molecule has 1 saturated carbocycles. The normalized spacial score (nSPS) is 26.1. The first-order valence-corrected chi connectivity index (χ1v) is 7.75. The second-order valence-electron chi connectivity index (χ2n) is 6.45. The smallest absolute Gasteiger partial charge is 0.124 e. The van der Waals surface area contributed by atoms with E-state index in [0.29, 0.717) is 0 Å². The van der Waals surface area contributed by atoms with Gasteiger partial charge in [0.2, 0.25) is 0 Å². The first-order valence-electron chi connectivity index (χ1n) is 7.75. The van der Waals surface area contributed by atoms with Crippen molar-refractivity contribution in [2.45, 2.75) is 63.7 Å². The monoisotopic (exact) mass is 275 g/mol. The van der Waals surface area contributed by atoms with Crippen LogP contribution < -0.4 is 10.5 Å². The summed E-state index contributed by atoms with van der Waals surface area (Å²) < 4.78 is 12.2. The van der Waals surface area contributed by atoms with E-state index in [1.807, 2.05) is 6.92 Å². The van der Waals surface area contributed by atoms with Gasteiger partial charge in [-0.05, 0) is 39.2 Å². The highest BCUT2D eigenvalue weighted by atomic mass is 16.5. The molecule has 2 unspecified atom stereocenters. The minimum atomic E-state index is 0.00223. The van der Waals surface area contributed by atoms with E-state index in [-0.39, 0.29) is 17.7 Å². The van der Waals surface area contributed by atoms with Crippen LogP contribution in [0.1, 0.15) is 56.2 Å². The van der Waals surface area contributed by atoms with E-state index in [0.717, 1.165) is 30.8 Å². The Morgan fingerprint density at radius 2 is 2.20 bits per heavy atom. The summed E-state index contributed by atoms with van der Waals surface area (Å²) in [6.07, 6.45) is 5.96. The van der Waals surface area contributed by atoms with Crippen molar-refractivity contribution in [1.29, 1.82) is 0 Å². The molecule has 1 aromatic rings. The zero-order valence-electron chi connectivity index (χ0n) is 12.5. The summed E-state index contributed by atoms with van der Waals surface area (Å²) in [6.45, 7) is 4.93. The number of benzene rings is 1. The molecule has 1 aliphatic heterocycles. The molecule has 3 nitrogen and oxygen atoms in total. The van der Waals surface area contributed by atoms with Gasteiger partial charge in [0.1, 0.15) is 11.9 Å². The van der Waals surface area contributed by atoms with Gasteiger partial charge in [-0.3, -0.25) is 0 Å². The lowest BCUT2D eigenvalue weighted by Crippen LogP contribution is -2.48. The second kappa shape index (κ2) is 5.38. The lowest BCUT2D eigenvalue weighted by Gasteiger charge is -2.47. The molecule has 1 saturated heterocycles. The molecule has 2 aliphatic rings. The minimum absolute atomic E-state index is 0.00223. The molecule has 3 rings (SSSR count). The van der Waals surface area contributed by atoms with Crippen LogP contribution in [-0.2, 0) is 4.74 Å². The molecule has 0 bridgehead atoms. The van der Waals surface area contributed by atoms with Crippen LogP contribution in [0.15, 0.2) is 18.2 Å². The summed E-state index contributed by atoms with van der Waals surface area (Å²) in [5.74, 6) is 0.951. The number of aryl methyl sites for hydroxylation is 1. The average molecular weight is 275 g/mol. The highest BCUT2D eigenvalue weighted by molar-refractivity contribution is 5.39. The van der Waals surface area contributed by atoms with Gasteiger partial charge in [-0.2, -0.15) is 0 Å². The Labute approximate surface area is 121 Å². The van der Waals surface area contributed by atoms with E-state index < -0.39 is 0 Å². The fourth-order valence-electron chi connectivity index (χ4n) is 3.31. The van der Waals surface area contributed by atoms with Crippen molar-refractivity contribution in [2.24, 2.45) is 5.73 Å². The van der Waals surface area contributed by atoms with E-state index in [1.54, 1.807) is 0 Å². The SMILES string of the molecule is Cc1ccc(OC2CCOC3(CCC3)C2)c(C(C)N)c1. The van der Waals surface area contributed by atoms with E-state index in [1.165, 1.54) is 24.8 Å². The molecular formula is C17H25NO2. The minimum Gasteiger partial charge on any atom is -0.490 e. The van der Waals surface area contributed by atoms with E-state index in [4.69, 9.17) is 15.2 Å². The quantitative estimate of drug-likeness (QED) is 0.918. The molecule has 0 radical (unpaired) electrons. The summed E-state index contributed by atoms with van der Waals surface area (Å²) in [6, 6.07) is 6.30. The summed E-state index contributed by atoms with van der Waals surface area (Å²) in [4.78, 5) is 0. The molecule has 1 aromatic carbocycles. The maximum atomic E-state index is 6.27. The Kier molecular flexibility index (Phi) is 3.74. The molecule has 2 N–H and O–H groups in total. The molecule has 3 heteroatoms. The van der Waals surface area contributed by atoms with Crippen molar-refractivity contribution in [3.63, 3.8) is 0 Å². The number of ether oxygens (including phenoxy) is 2. The highest BCUT2D eigenvalue weighted by Crippen LogP contribution is 2.43. The average Bonchev–Trinajstić information content (AvgIpc) is 2.39.